The molecule has 104 valence electrons. The molecule has 3 nitrogen and oxygen atoms in total. The van der Waals surface area contributed by atoms with E-state index >= 15 is 0 Å². The molecule has 1 saturated heterocycles. The standard InChI is InChI=1S/C15H28N2O/c1-15(2,3)13(16)14(18)17-9-8-11-6-4-5-7-12(11)10-17/h11-13H,4-10,16H2,1-3H3. The quantitative estimate of drug-likeness (QED) is 0.779. The highest BCUT2D eigenvalue weighted by Gasteiger charge is 2.37. The van der Waals surface area contributed by atoms with Crippen LogP contribution in [-0.4, -0.2) is 29.9 Å². The van der Waals surface area contributed by atoms with Crippen LogP contribution >= 0.6 is 0 Å². The van der Waals surface area contributed by atoms with Gasteiger partial charge in [-0.3, -0.25) is 4.79 Å². The van der Waals surface area contributed by atoms with Crippen LogP contribution in [-0.2, 0) is 4.79 Å². The lowest BCUT2D eigenvalue weighted by atomic mass is 9.74. The summed E-state index contributed by atoms with van der Waals surface area (Å²) >= 11 is 0. The van der Waals surface area contributed by atoms with Crippen LogP contribution in [0, 0.1) is 17.3 Å². The zero-order valence-electron chi connectivity index (χ0n) is 12.1. The van der Waals surface area contributed by atoms with Gasteiger partial charge in [-0.05, 0) is 30.1 Å². The molecule has 3 atom stereocenters. The molecule has 3 heteroatoms. The van der Waals surface area contributed by atoms with Gasteiger partial charge in [0.15, 0.2) is 0 Å². The highest BCUT2D eigenvalue weighted by atomic mass is 16.2. The number of likely N-dealkylation sites (tertiary alicyclic amines) is 1. The van der Waals surface area contributed by atoms with E-state index < -0.39 is 0 Å². The molecule has 0 bridgehead atoms. The van der Waals surface area contributed by atoms with Crippen molar-refractivity contribution in [2.75, 3.05) is 13.1 Å². The van der Waals surface area contributed by atoms with Gasteiger partial charge < -0.3 is 10.6 Å². The Hall–Kier alpha value is -0.570. The molecule has 1 aliphatic carbocycles. The van der Waals surface area contributed by atoms with Gasteiger partial charge >= 0.3 is 0 Å². The maximum absolute atomic E-state index is 12.4. The van der Waals surface area contributed by atoms with Gasteiger partial charge in [-0.25, -0.2) is 0 Å². The molecule has 2 N–H and O–H groups in total. The number of amides is 1. The second-order valence-electron chi connectivity index (χ2n) is 7.22. The zero-order chi connectivity index (χ0) is 13.3. The summed E-state index contributed by atoms with van der Waals surface area (Å²) in [7, 11) is 0. The topological polar surface area (TPSA) is 46.3 Å². The van der Waals surface area contributed by atoms with E-state index in [-0.39, 0.29) is 17.4 Å². The van der Waals surface area contributed by atoms with Crippen molar-refractivity contribution in [1.82, 2.24) is 4.90 Å². The van der Waals surface area contributed by atoms with Crippen molar-refractivity contribution < 1.29 is 4.79 Å². The van der Waals surface area contributed by atoms with E-state index in [0.717, 1.165) is 24.9 Å². The highest BCUT2D eigenvalue weighted by Crippen LogP contribution is 2.36. The lowest BCUT2D eigenvalue weighted by molar-refractivity contribution is -0.138. The summed E-state index contributed by atoms with van der Waals surface area (Å²) in [5.74, 6) is 1.77. The molecule has 0 radical (unpaired) electrons. The van der Waals surface area contributed by atoms with Crippen LogP contribution in [0.5, 0.6) is 0 Å². The van der Waals surface area contributed by atoms with E-state index in [0.29, 0.717) is 0 Å². The van der Waals surface area contributed by atoms with Crippen LogP contribution in [0.1, 0.15) is 52.9 Å². The summed E-state index contributed by atoms with van der Waals surface area (Å²) in [6.45, 7) is 8.01. The largest absolute Gasteiger partial charge is 0.341 e. The Balaban J connectivity index is 1.96. The average molecular weight is 252 g/mol. The normalized spacial score (nSPS) is 30.8. The van der Waals surface area contributed by atoms with Crippen molar-refractivity contribution >= 4 is 5.91 Å². The van der Waals surface area contributed by atoms with Crippen LogP contribution in [0.25, 0.3) is 0 Å². The van der Waals surface area contributed by atoms with Gasteiger partial charge in [0, 0.05) is 13.1 Å². The molecule has 2 rings (SSSR count). The maximum Gasteiger partial charge on any atom is 0.240 e. The average Bonchev–Trinajstić information content (AvgIpc) is 2.35. The Bertz CT molecular complexity index is 308. The Morgan fingerprint density at radius 3 is 2.39 bits per heavy atom. The van der Waals surface area contributed by atoms with E-state index in [1.807, 2.05) is 25.7 Å². The number of hydrogen-bond acceptors (Lipinski definition) is 2. The van der Waals surface area contributed by atoms with Gasteiger partial charge in [-0.2, -0.15) is 0 Å². The predicted molar refractivity (Wildman–Crippen MR) is 74.1 cm³/mol. The highest BCUT2D eigenvalue weighted by molar-refractivity contribution is 5.82. The fourth-order valence-corrected chi connectivity index (χ4v) is 3.37. The second kappa shape index (κ2) is 5.20. The molecule has 2 aliphatic rings. The van der Waals surface area contributed by atoms with Crippen molar-refractivity contribution in [3.05, 3.63) is 0 Å². The summed E-state index contributed by atoms with van der Waals surface area (Å²) in [6, 6.07) is -0.363. The van der Waals surface area contributed by atoms with Gasteiger partial charge in [0.05, 0.1) is 6.04 Å². The van der Waals surface area contributed by atoms with E-state index in [1.54, 1.807) is 0 Å². The Morgan fingerprint density at radius 2 is 1.78 bits per heavy atom. The van der Waals surface area contributed by atoms with Gasteiger partial charge in [-0.1, -0.05) is 40.0 Å². The Morgan fingerprint density at radius 1 is 1.17 bits per heavy atom. The molecule has 1 saturated carbocycles. The predicted octanol–water partition coefficient (Wildman–Crippen LogP) is 2.40. The van der Waals surface area contributed by atoms with E-state index in [2.05, 4.69) is 0 Å². The van der Waals surface area contributed by atoms with Crippen molar-refractivity contribution in [2.24, 2.45) is 23.0 Å². The van der Waals surface area contributed by atoms with Crippen LogP contribution in [0.4, 0.5) is 0 Å². The second-order valence-corrected chi connectivity index (χ2v) is 7.22. The Kier molecular flexibility index (Phi) is 4.00. The fourth-order valence-electron chi connectivity index (χ4n) is 3.37. The van der Waals surface area contributed by atoms with Crippen molar-refractivity contribution in [3.8, 4) is 0 Å². The summed E-state index contributed by atoms with van der Waals surface area (Å²) in [5.41, 5.74) is 5.96. The number of nitrogens with two attached hydrogens (primary N) is 1. The number of nitrogens with zero attached hydrogens (tertiary/aromatic N) is 1. The smallest absolute Gasteiger partial charge is 0.240 e. The SMILES string of the molecule is CC(C)(C)C(N)C(=O)N1CCC2CCCCC2C1. The van der Waals surface area contributed by atoms with Crippen molar-refractivity contribution in [1.29, 1.82) is 0 Å². The third-order valence-electron chi connectivity index (χ3n) is 4.80. The van der Waals surface area contributed by atoms with E-state index in [1.165, 1.54) is 32.1 Å². The molecule has 18 heavy (non-hydrogen) atoms. The number of rotatable bonds is 1. The van der Waals surface area contributed by atoms with Gasteiger partial charge in [0.2, 0.25) is 5.91 Å². The van der Waals surface area contributed by atoms with Crippen molar-refractivity contribution in [3.63, 3.8) is 0 Å². The molecule has 1 aliphatic heterocycles. The van der Waals surface area contributed by atoms with Crippen molar-refractivity contribution in [2.45, 2.75) is 58.9 Å². The number of hydrogen-bond donors (Lipinski definition) is 1. The first-order valence-electron chi connectivity index (χ1n) is 7.44. The first-order valence-corrected chi connectivity index (χ1v) is 7.44. The lowest BCUT2D eigenvalue weighted by Gasteiger charge is -2.43. The minimum atomic E-state index is -0.363. The molecule has 0 aromatic heterocycles. The molecule has 0 aromatic carbocycles. The summed E-state index contributed by atoms with van der Waals surface area (Å²) in [4.78, 5) is 14.5. The number of carbonyl (C=O) groups excluding carboxylic acids is 1. The third kappa shape index (κ3) is 2.87. The molecular formula is C15H28N2O. The van der Waals surface area contributed by atoms with Gasteiger partial charge in [0.1, 0.15) is 0 Å². The molecular weight excluding hydrogens is 224 g/mol. The number of piperidine rings is 1. The first kappa shape index (κ1) is 13.9. The van der Waals surface area contributed by atoms with Crippen LogP contribution in [0.2, 0.25) is 0 Å². The maximum atomic E-state index is 12.4. The molecule has 0 aromatic rings. The molecule has 3 unspecified atom stereocenters. The summed E-state index contributed by atoms with van der Waals surface area (Å²) in [5, 5.41) is 0. The Labute approximate surface area is 111 Å². The summed E-state index contributed by atoms with van der Waals surface area (Å²) in [6.07, 6.45) is 6.59. The number of fused-ring (bicyclic) bond motifs is 1. The minimum Gasteiger partial charge on any atom is -0.341 e. The molecule has 1 heterocycles. The lowest BCUT2D eigenvalue weighted by Crippen LogP contribution is -2.54. The van der Waals surface area contributed by atoms with Crippen LogP contribution < -0.4 is 5.73 Å². The van der Waals surface area contributed by atoms with E-state index in [9.17, 15) is 4.79 Å². The molecule has 0 spiro atoms. The van der Waals surface area contributed by atoms with Gasteiger partial charge in [-0.15, -0.1) is 0 Å². The minimum absolute atomic E-state index is 0.138. The first-order chi connectivity index (χ1) is 8.39. The third-order valence-corrected chi connectivity index (χ3v) is 4.80. The summed E-state index contributed by atoms with van der Waals surface area (Å²) < 4.78 is 0. The number of carbonyl (C=O) groups is 1. The molecule has 1 amide bonds. The van der Waals surface area contributed by atoms with Crippen LogP contribution in [0.3, 0.4) is 0 Å². The monoisotopic (exact) mass is 252 g/mol. The molecule has 2 fully saturated rings. The zero-order valence-corrected chi connectivity index (χ0v) is 12.1. The van der Waals surface area contributed by atoms with Gasteiger partial charge in [0.25, 0.3) is 0 Å². The van der Waals surface area contributed by atoms with E-state index in [4.69, 9.17) is 5.73 Å². The fraction of sp³-hybridized carbons (Fsp3) is 0.933. The van der Waals surface area contributed by atoms with Crippen LogP contribution in [0.15, 0.2) is 0 Å².